The van der Waals surface area contributed by atoms with Crippen LogP contribution >= 0.6 is 15.9 Å². The molecule has 0 saturated carbocycles. The summed E-state index contributed by atoms with van der Waals surface area (Å²) in [5.74, 6) is 0.500. The van der Waals surface area contributed by atoms with Gasteiger partial charge in [0.25, 0.3) is 10.0 Å². The predicted molar refractivity (Wildman–Crippen MR) is 139 cm³/mol. The number of ether oxygens (including phenoxy) is 1. The lowest BCUT2D eigenvalue weighted by molar-refractivity contribution is -0.119. The average molecular weight is 545 g/mol. The van der Waals surface area contributed by atoms with Crippen molar-refractivity contribution >= 4 is 37.5 Å². The number of sulfonamides is 1. The van der Waals surface area contributed by atoms with Gasteiger partial charge in [-0.25, -0.2) is 8.42 Å². The molecule has 3 aromatic carbocycles. The maximum absolute atomic E-state index is 13.3. The molecule has 1 N–H and O–H groups in total. The Hall–Kier alpha value is -2.84. The molecule has 0 atom stereocenters. The Labute approximate surface area is 210 Å². The summed E-state index contributed by atoms with van der Waals surface area (Å²) in [6.45, 7) is 2.84. The maximum Gasteiger partial charge on any atom is 0.264 e. The van der Waals surface area contributed by atoms with Gasteiger partial charge in [-0.3, -0.25) is 9.10 Å². The third kappa shape index (κ3) is 7.08. The number of hydrogen-bond acceptors (Lipinski definition) is 4. The lowest BCUT2D eigenvalue weighted by atomic mass is 10.1. The second kappa shape index (κ2) is 12.6. The number of halogens is 1. The van der Waals surface area contributed by atoms with Crippen LogP contribution in [0.4, 0.5) is 5.69 Å². The summed E-state index contributed by atoms with van der Waals surface area (Å²) >= 11 is 3.38. The van der Waals surface area contributed by atoms with Crippen LogP contribution in [0.15, 0.2) is 88.2 Å². The van der Waals surface area contributed by atoms with Crippen LogP contribution in [0.3, 0.4) is 0 Å². The Morgan fingerprint density at radius 2 is 1.74 bits per heavy atom. The largest absolute Gasteiger partial charge is 0.493 e. The van der Waals surface area contributed by atoms with E-state index in [1.807, 2.05) is 24.3 Å². The van der Waals surface area contributed by atoms with Gasteiger partial charge in [-0.05, 0) is 61.2 Å². The third-order valence-electron chi connectivity index (χ3n) is 5.09. The van der Waals surface area contributed by atoms with Crippen LogP contribution in [-0.4, -0.2) is 34.0 Å². The number of carbonyl (C=O) groups excluding carboxylic acids is 1. The van der Waals surface area contributed by atoms with Gasteiger partial charge in [0.15, 0.2) is 0 Å². The van der Waals surface area contributed by atoms with Gasteiger partial charge < -0.3 is 10.1 Å². The zero-order valence-electron chi connectivity index (χ0n) is 19.1. The highest BCUT2D eigenvalue weighted by molar-refractivity contribution is 9.10. The van der Waals surface area contributed by atoms with E-state index in [0.29, 0.717) is 25.3 Å². The van der Waals surface area contributed by atoms with Crippen molar-refractivity contribution in [3.63, 3.8) is 0 Å². The van der Waals surface area contributed by atoms with E-state index in [4.69, 9.17) is 4.74 Å². The Balaban J connectivity index is 1.65. The molecule has 3 rings (SSSR count). The molecular formula is C26H29BrN2O4S. The van der Waals surface area contributed by atoms with E-state index in [-0.39, 0.29) is 17.3 Å². The van der Waals surface area contributed by atoms with Crippen LogP contribution in [0.2, 0.25) is 0 Å². The van der Waals surface area contributed by atoms with Crippen molar-refractivity contribution in [1.29, 1.82) is 0 Å². The lowest BCUT2D eigenvalue weighted by Gasteiger charge is -2.24. The predicted octanol–water partition coefficient (Wildman–Crippen LogP) is 5.18. The topological polar surface area (TPSA) is 75.7 Å². The Morgan fingerprint density at radius 1 is 1.00 bits per heavy atom. The molecule has 1 amide bonds. The first-order valence-corrected chi connectivity index (χ1v) is 13.5. The Kier molecular flexibility index (Phi) is 9.53. The maximum atomic E-state index is 13.3. The Bertz CT molecular complexity index is 1190. The van der Waals surface area contributed by atoms with Gasteiger partial charge in [0, 0.05) is 11.0 Å². The van der Waals surface area contributed by atoms with Crippen molar-refractivity contribution < 1.29 is 17.9 Å². The van der Waals surface area contributed by atoms with Crippen LogP contribution in [-0.2, 0) is 21.2 Å². The van der Waals surface area contributed by atoms with Gasteiger partial charge in [-0.1, -0.05) is 65.3 Å². The third-order valence-corrected chi connectivity index (χ3v) is 7.38. The number of anilines is 1. The molecule has 0 unspecified atom stereocenters. The number of hydrogen-bond donors (Lipinski definition) is 1. The summed E-state index contributed by atoms with van der Waals surface area (Å²) in [6.07, 6.45) is 2.39. The summed E-state index contributed by atoms with van der Waals surface area (Å²) in [5, 5.41) is 2.86. The van der Waals surface area contributed by atoms with Gasteiger partial charge in [-0.15, -0.1) is 0 Å². The second-order valence-electron chi connectivity index (χ2n) is 7.71. The number of para-hydroxylation sites is 1. The number of amides is 1. The molecule has 0 spiro atoms. The molecule has 8 heteroatoms. The molecule has 34 heavy (non-hydrogen) atoms. The molecule has 6 nitrogen and oxygen atoms in total. The van der Waals surface area contributed by atoms with E-state index in [1.165, 1.54) is 12.1 Å². The van der Waals surface area contributed by atoms with Gasteiger partial charge in [0.05, 0.1) is 17.2 Å². The first kappa shape index (κ1) is 25.8. The molecule has 0 aromatic heterocycles. The fraction of sp³-hybridized carbons (Fsp3) is 0.269. The number of nitrogens with zero attached hydrogens (tertiary/aromatic N) is 1. The van der Waals surface area contributed by atoms with E-state index in [2.05, 4.69) is 28.2 Å². The number of nitrogens with one attached hydrogen (secondary N) is 1. The van der Waals surface area contributed by atoms with E-state index in [1.54, 1.807) is 42.5 Å². The van der Waals surface area contributed by atoms with Crippen LogP contribution in [0, 0.1) is 0 Å². The molecular weight excluding hydrogens is 516 g/mol. The monoisotopic (exact) mass is 544 g/mol. The SMILES string of the molecule is CCCOc1ccccc1CCCNC(=O)CN(c1cccc(Br)c1)S(=O)(=O)c1ccccc1. The first-order valence-electron chi connectivity index (χ1n) is 11.2. The normalized spacial score (nSPS) is 11.1. The minimum absolute atomic E-state index is 0.131. The van der Waals surface area contributed by atoms with Crippen LogP contribution in [0.5, 0.6) is 5.75 Å². The Morgan fingerprint density at radius 3 is 2.47 bits per heavy atom. The number of rotatable bonds is 12. The smallest absolute Gasteiger partial charge is 0.264 e. The van der Waals surface area contributed by atoms with Crippen molar-refractivity contribution in [3.8, 4) is 5.75 Å². The molecule has 0 bridgehead atoms. The molecule has 0 radical (unpaired) electrons. The molecule has 0 heterocycles. The highest BCUT2D eigenvalue weighted by atomic mass is 79.9. The molecule has 3 aromatic rings. The number of aryl methyl sites for hydroxylation is 1. The van der Waals surface area contributed by atoms with E-state index >= 15 is 0 Å². The van der Waals surface area contributed by atoms with Crippen molar-refractivity contribution in [2.24, 2.45) is 0 Å². The summed E-state index contributed by atoms with van der Waals surface area (Å²) in [6, 6.07) is 22.9. The zero-order chi connectivity index (χ0) is 24.4. The van der Waals surface area contributed by atoms with Crippen molar-refractivity contribution in [2.75, 3.05) is 24.0 Å². The summed E-state index contributed by atoms with van der Waals surface area (Å²) in [4.78, 5) is 12.9. The van der Waals surface area contributed by atoms with E-state index in [9.17, 15) is 13.2 Å². The van der Waals surface area contributed by atoms with Crippen LogP contribution in [0.25, 0.3) is 0 Å². The zero-order valence-corrected chi connectivity index (χ0v) is 21.5. The molecule has 0 saturated heterocycles. The highest BCUT2D eigenvalue weighted by Gasteiger charge is 2.27. The van der Waals surface area contributed by atoms with Crippen LogP contribution < -0.4 is 14.4 Å². The van der Waals surface area contributed by atoms with Crippen LogP contribution in [0.1, 0.15) is 25.3 Å². The number of carbonyl (C=O) groups is 1. The van der Waals surface area contributed by atoms with Gasteiger partial charge in [0.2, 0.25) is 5.91 Å². The lowest BCUT2D eigenvalue weighted by Crippen LogP contribution is -2.41. The minimum atomic E-state index is -3.92. The van der Waals surface area contributed by atoms with Crippen molar-refractivity contribution in [2.45, 2.75) is 31.1 Å². The summed E-state index contributed by atoms with van der Waals surface area (Å²) < 4.78 is 34.3. The molecule has 0 aliphatic rings. The molecule has 0 fully saturated rings. The first-order chi connectivity index (χ1) is 16.4. The van der Waals surface area contributed by atoms with Crippen molar-refractivity contribution in [3.05, 3.63) is 88.9 Å². The fourth-order valence-electron chi connectivity index (χ4n) is 3.42. The second-order valence-corrected chi connectivity index (χ2v) is 10.5. The van der Waals surface area contributed by atoms with E-state index in [0.717, 1.165) is 32.9 Å². The standard InChI is InChI=1S/C26H29BrN2O4S/c1-2-18-33-25-16-7-6-10-21(25)11-9-17-28-26(30)20-29(23-13-8-12-22(27)19-23)34(31,32)24-14-4-3-5-15-24/h3-8,10,12-16,19H,2,9,11,17-18,20H2,1H3,(H,28,30). The average Bonchev–Trinajstić information content (AvgIpc) is 2.85. The van der Waals surface area contributed by atoms with Gasteiger partial charge in [-0.2, -0.15) is 0 Å². The quantitative estimate of drug-likeness (QED) is 0.318. The fourth-order valence-corrected chi connectivity index (χ4v) is 5.24. The molecule has 0 aliphatic heterocycles. The van der Waals surface area contributed by atoms with Gasteiger partial charge >= 0.3 is 0 Å². The number of benzene rings is 3. The van der Waals surface area contributed by atoms with Gasteiger partial charge in [0.1, 0.15) is 12.3 Å². The summed E-state index contributed by atoms with van der Waals surface area (Å²) in [5.41, 5.74) is 1.50. The van der Waals surface area contributed by atoms with E-state index < -0.39 is 10.0 Å². The molecule has 0 aliphatic carbocycles. The van der Waals surface area contributed by atoms with Crippen molar-refractivity contribution in [1.82, 2.24) is 5.32 Å². The molecule has 180 valence electrons. The minimum Gasteiger partial charge on any atom is -0.493 e. The highest BCUT2D eigenvalue weighted by Crippen LogP contribution is 2.26. The summed E-state index contributed by atoms with van der Waals surface area (Å²) in [7, 11) is -3.92.